The maximum atomic E-state index is 12.9. The molecule has 0 saturated carbocycles. The van der Waals surface area contributed by atoms with E-state index in [0.717, 1.165) is 42.9 Å². The summed E-state index contributed by atoms with van der Waals surface area (Å²) in [6.07, 6.45) is -13.6. The van der Waals surface area contributed by atoms with E-state index in [9.17, 15) is 53.9 Å². The lowest BCUT2D eigenvalue weighted by Gasteiger charge is -2.15. The number of hydrogen-bond donors (Lipinski definition) is 5. The van der Waals surface area contributed by atoms with Gasteiger partial charge in [0.2, 0.25) is 0 Å². The normalized spacial score (nSPS) is 11.1. The van der Waals surface area contributed by atoms with Crippen LogP contribution in [0.2, 0.25) is 15.1 Å². The molecule has 0 heterocycles. The van der Waals surface area contributed by atoms with Gasteiger partial charge in [0.15, 0.2) is 0 Å². The average molecular weight is 1160 g/mol. The summed E-state index contributed by atoms with van der Waals surface area (Å²) >= 11 is 22.7. The maximum Gasteiger partial charge on any atom is 0.417 e. The molecular formula is C46H37Br2Cl3F9N5O4. The van der Waals surface area contributed by atoms with Crippen molar-refractivity contribution in [1.29, 1.82) is 0 Å². The van der Waals surface area contributed by atoms with E-state index in [2.05, 4.69) is 47.8 Å². The molecule has 2 amide bonds. The van der Waals surface area contributed by atoms with Gasteiger partial charge < -0.3 is 31.7 Å². The van der Waals surface area contributed by atoms with Crippen molar-refractivity contribution in [2.75, 3.05) is 48.9 Å². The number of anilines is 4. The Hall–Kier alpha value is -5.51. The predicted octanol–water partition coefficient (Wildman–Crippen LogP) is 15.0. The molecule has 0 fully saturated rings. The molecule has 0 bridgehead atoms. The Morgan fingerprint density at radius 1 is 0.565 bits per heavy atom. The summed E-state index contributed by atoms with van der Waals surface area (Å²) in [5, 5.41) is 15.4. The van der Waals surface area contributed by atoms with Crippen molar-refractivity contribution in [3.63, 3.8) is 0 Å². The van der Waals surface area contributed by atoms with Crippen molar-refractivity contribution in [2.45, 2.75) is 18.5 Å². The van der Waals surface area contributed by atoms with Crippen LogP contribution in [0.1, 0.15) is 47.8 Å². The van der Waals surface area contributed by atoms with Crippen LogP contribution in [-0.4, -0.2) is 55.0 Å². The van der Waals surface area contributed by atoms with E-state index in [-0.39, 0.29) is 22.1 Å². The molecule has 6 aromatic carbocycles. The molecule has 0 saturated heterocycles. The first-order valence-electron chi connectivity index (χ1n) is 19.3. The molecule has 6 rings (SSSR count). The minimum atomic E-state index is -4.59. The quantitative estimate of drug-likeness (QED) is 0.0718. The standard InChI is InChI=1S/C18H19ClF3N3O.C14H8BrClF3NO.C7H5BrO2.C7H5ClF3N/c1-25(2)10-9-23-16-6-4-3-5-13(16)17(26)24-12-7-8-15(19)14(11-12)18(20,21)22;15-11-4-2-1-3-9(11)13(21)20-8-5-6-12(16)10(7-8)14(17,18)19;8-6-4-2-1-3-5(6)7(9)10;8-6-2-1-4(12)3-5(6)7(9,10)11/h3-8,11,23H,9-10H2,1-2H3,(H,24,26);1-7H,(H,20,21);1-4H,(H,9,10);1-3H,12H2. The fourth-order valence-corrected chi connectivity index (χ4v) is 6.92. The van der Waals surface area contributed by atoms with E-state index < -0.39 is 63.0 Å². The van der Waals surface area contributed by atoms with Gasteiger partial charge in [-0.1, -0.05) is 71.2 Å². The number of nitrogens with two attached hydrogens (primary N) is 1. The summed E-state index contributed by atoms with van der Waals surface area (Å²) in [4.78, 5) is 36.9. The van der Waals surface area contributed by atoms with E-state index in [4.69, 9.17) is 45.6 Å². The number of carbonyl (C=O) groups is 3. The summed E-state index contributed by atoms with van der Waals surface area (Å²) in [7, 11) is 3.86. The highest BCUT2D eigenvalue weighted by Gasteiger charge is 2.35. The molecule has 0 aliphatic carbocycles. The lowest BCUT2D eigenvalue weighted by molar-refractivity contribution is -0.138. The highest BCUT2D eigenvalue weighted by molar-refractivity contribution is 9.10. The molecule has 0 spiro atoms. The van der Waals surface area contributed by atoms with Gasteiger partial charge in [0, 0.05) is 44.8 Å². The highest BCUT2D eigenvalue weighted by Crippen LogP contribution is 2.38. The number of para-hydroxylation sites is 1. The lowest BCUT2D eigenvalue weighted by Crippen LogP contribution is -2.22. The van der Waals surface area contributed by atoms with Crippen molar-refractivity contribution < 1.29 is 59.0 Å². The van der Waals surface area contributed by atoms with Crippen LogP contribution in [0.25, 0.3) is 0 Å². The molecule has 0 atom stereocenters. The van der Waals surface area contributed by atoms with Crippen LogP contribution in [0.3, 0.4) is 0 Å². The Morgan fingerprint density at radius 3 is 1.33 bits per heavy atom. The fraction of sp³-hybridized carbons (Fsp3) is 0.152. The predicted molar refractivity (Wildman–Crippen MR) is 258 cm³/mol. The highest BCUT2D eigenvalue weighted by atomic mass is 79.9. The number of carbonyl (C=O) groups excluding carboxylic acids is 2. The van der Waals surface area contributed by atoms with Gasteiger partial charge in [0.05, 0.1) is 48.4 Å². The Morgan fingerprint density at radius 2 is 0.942 bits per heavy atom. The topological polar surface area (TPSA) is 137 Å². The lowest BCUT2D eigenvalue weighted by atomic mass is 10.1. The van der Waals surface area contributed by atoms with Crippen LogP contribution >= 0.6 is 66.7 Å². The van der Waals surface area contributed by atoms with Crippen LogP contribution in [-0.2, 0) is 18.5 Å². The number of carboxylic acids is 1. The van der Waals surface area contributed by atoms with Crippen molar-refractivity contribution in [3.05, 3.63) is 185 Å². The zero-order valence-electron chi connectivity index (χ0n) is 35.5. The number of nitrogens with one attached hydrogen (secondary N) is 3. The third kappa shape index (κ3) is 18.7. The average Bonchev–Trinajstić information content (AvgIpc) is 3.25. The maximum absolute atomic E-state index is 12.9. The summed E-state index contributed by atoms with van der Waals surface area (Å²) in [5.74, 6) is -1.93. The summed E-state index contributed by atoms with van der Waals surface area (Å²) in [6, 6.07) is 29.9. The van der Waals surface area contributed by atoms with E-state index >= 15 is 0 Å². The molecule has 9 nitrogen and oxygen atoms in total. The Labute approximate surface area is 421 Å². The second-order valence-electron chi connectivity index (χ2n) is 14.1. The Kier molecular flexibility index (Phi) is 21.7. The van der Waals surface area contributed by atoms with E-state index in [1.165, 1.54) is 18.2 Å². The number of halogens is 14. The summed E-state index contributed by atoms with van der Waals surface area (Å²) in [5.41, 5.74) is 3.94. The van der Waals surface area contributed by atoms with Crippen molar-refractivity contribution in [1.82, 2.24) is 4.90 Å². The van der Waals surface area contributed by atoms with E-state index in [1.807, 2.05) is 19.0 Å². The first-order valence-corrected chi connectivity index (χ1v) is 22.0. The van der Waals surface area contributed by atoms with Crippen LogP contribution in [0.4, 0.5) is 62.3 Å². The van der Waals surface area contributed by atoms with Crippen molar-refractivity contribution in [3.8, 4) is 0 Å². The third-order valence-electron chi connectivity index (χ3n) is 8.62. The number of carboxylic acid groups (broad SMARTS) is 1. The first-order chi connectivity index (χ1) is 32.1. The van der Waals surface area contributed by atoms with Crippen LogP contribution in [0.15, 0.2) is 136 Å². The van der Waals surface area contributed by atoms with E-state index in [1.54, 1.807) is 72.8 Å². The smallest absolute Gasteiger partial charge is 0.417 e. The minimum Gasteiger partial charge on any atom is -0.478 e. The zero-order chi connectivity index (χ0) is 51.9. The number of likely N-dealkylation sites (N-methyl/N-ethyl adjacent to an activating group) is 1. The Balaban J connectivity index is 0.000000260. The third-order valence-corrected chi connectivity index (χ3v) is 11.0. The second kappa shape index (κ2) is 25.9. The zero-order valence-corrected chi connectivity index (χ0v) is 41.0. The summed E-state index contributed by atoms with van der Waals surface area (Å²) in [6.45, 7) is 1.39. The van der Waals surface area contributed by atoms with Gasteiger partial charge in [-0.05, 0) is 137 Å². The molecule has 6 aromatic rings. The van der Waals surface area contributed by atoms with Gasteiger partial charge in [0.25, 0.3) is 11.8 Å². The van der Waals surface area contributed by atoms with Gasteiger partial charge in [-0.3, -0.25) is 9.59 Å². The van der Waals surface area contributed by atoms with Gasteiger partial charge in [0.1, 0.15) is 0 Å². The van der Waals surface area contributed by atoms with Gasteiger partial charge in [-0.15, -0.1) is 0 Å². The number of benzene rings is 6. The molecule has 368 valence electrons. The fourth-order valence-electron chi connectivity index (χ4n) is 5.33. The summed E-state index contributed by atoms with van der Waals surface area (Å²) < 4.78 is 115. The number of alkyl halides is 9. The molecule has 23 heteroatoms. The van der Waals surface area contributed by atoms with Crippen LogP contribution in [0.5, 0.6) is 0 Å². The number of nitrogens with zero attached hydrogens (tertiary/aromatic N) is 1. The van der Waals surface area contributed by atoms with Gasteiger partial charge in [-0.25, -0.2) is 4.79 Å². The number of amides is 2. The number of nitrogen functional groups attached to an aromatic ring is 1. The molecule has 0 radical (unpaired) electrons. The van der Waals surface area contributed by atoms with E-state index in [0.29, 0.717) is 37.9 Å². The number of hydrogen-bond acceptors (Lipinski definition) is 6. The monoisotopic (exact) mass is 1160 g/mol. The molecule has 69 heavy (non-hydrogen) atoms. The molecule has 0 aliphatic heterocycles. The largest absolute Gasteiger partial charge is 0.478 e. The molecule has 0 aromatic heterocycles. The molecule has 0 unspecified atom stereocenters. The molecular weight excluding hydrogens is 1120 g/mol. The number of rotatable bonds is 9. The van der Waals surface area contributed by atoms with Crippen LogP contribution < -0.4 is 21.7 Å². The van der Waals surface area contributed by atoms with Crippen LogP contribution in [0, 0.1) is 0 Å². The SMILES string of the molecule is CN(C)CCNc1ccccc1C(=O)Nc1ccc(Cl)c(C(F)(F)F)c1.Nc1ccc(Cl)c(C(F)(F)F)c1.O=C(Nc1ccc(Cl)c(C(F)(F)F)c1)c1ccccc1Br.O=C(O)c1ccccc1Br. The first kappa shape index (κ1) is 57.8. The van der Waals surface area contributed by atoms with Gasteiger partial charge >= 0.3 is 24.5 Å². The molecule has 6 N–H and O–H groups in total. The van der Waals surface area contributed by atoms with Crippen molar-refractivity contribution >= 4 is 107 Å². The Bertz CT molecular complexity index is 2730. The van der Waals surface area contributed by atoms with Gasteiger partial charge in [-0.2, -0.15) is 39.5 Å². The molecule has 0 aliphatic rings. The second-order valence-corrected chi connectivity index (χ2v) is 17.0. The minimum absolute atomic E-state index is 0.0208. The van der Waals surface area contributed by atoms with Crippen molar-refractivity contribution in [2.24, 2.45) is 0 Å². The number of aromatic carboxylic acids is 1.